The predicted molar refractivity (Wildman–Crippen MR) is 518 cm³/mol. The first-order chi connectivity index (χ1) is 65.9. The number of alkyl halides is 3. The van der Waals surface area contributed by atoms with Gasteiger partial charge in [0.05, 0.1) is 112 Å². The lowest BCUT2D eigenvalue weighted by molar-refractivity contribution is -0.129. The van der Waals surface area contributed by atoms with Gasteiger partial charge in [-0.05, 0) is 148 Å². The second-order valence-electron chi connectivity index (χ2n) is 36.5. The second-order valence-corrected chi connectivity index (χ2v) is 36.5. The fourth-order valence-corrected chi connectivity index (χ4v) is 20.3. The lowest BCUT2D eigenvalue weighted by atomic mass is 9.86. The number of nitriles is 3. The number of morpholine rings is 2. The number of hydrogen-bond acceptors (Lipinski definition) is 25. The highest BCUT2D eigenvalue weighted by atomic mass is 19.1. The number of allylic oxidation sites excluding steroid dienone is 3. The molecule has 9 aliphatic rings. The summed E-state index contributed by atoms with van der Waals surface area (Å²) in [6, 6.07) is 45.7. The van der Waals surface area contributed by atoms with Crippen molar-refractivity contribution in [3.05, 3.63) is 196 Å². The number of ether oxygens (including phenoxy) is 5. The number of carbonyl (C=O) groups excluding carboxylic acids is 3. The van der Waals surface area contributed by atoms with Crippen LogP contribution < -0.4 is 43.6 Å². The van der Waals surface area contributed by atoms with E-state index in [4.69, 9.17) is 53.6 Å². The Morgan fingerprint density at radius 2 is 0.785 bits per heavy atom. The van der Waals surface area contributed by atoms with Crippen LogP contribution in [-0.2, 0) is 62.8 Å². The number of halogens is 3. The molecule has 8 aliphatic heterocycles. The van der Waals surface area contributed by atoms with Crippen LogP contribution in [0.25, 0.3) is 32.3 Å². The van der Waals surface area contributed by atoms with Gasteiger partial charge in [0.1, 0.15) is 62.9 Å². The van der Waals surface area contributed by atoms with Crippen molar-refractivity contribution < 1.29 is 51.2 Å². The monoisotopic (exact) mass is 1840 g/mol. The van der Waals surface area contributed by atoms with Gasteiger partial charge in [-0.25, -0.2) is 13.2 Å². The molecule has 0 radical (unpaired) electrons. The first kappa shape index (κ1) is 95.4. The van der Waals surface area contributed by atoms with E-state index in [2.05, 4.69) is 208 Å². The fourth-order valence-electron chi connectivity index (χ4n) is 20.3. The number of likely N-dealkylation sites (N-methyl/N-ethyl adjacent to an activating group) is 1. The topological polar surface area (TPSA) is 282 Å². The largest absolute Gasteiger partial charge is 0.463 e. The second kappa shape index (κ2) is 45.1. The van der Waals surface area contributed by atoms with Crippen molar-refractivity contribution in [2.24, 2.45) is 5.92 Å². The summed E-state index contributed by atoms with van der Waals surface area (Å²) in [5.74, 6) is 2.16. The van der Waals surface area contributed by atoms with Crippen molar-refractivity contribution in [3.8, 4) is 36.2 Å². The average Bonchev–Trinajstić information content (AvgIpc) is 0.767. The summed E-state index contributed by atoms with van der Waals surface area (Å²) < 4.78 is 68.9. The average molecular weight is 1840 g/mol. The summed E-state index contributed by atoms with van der Waals surface area (Å²) in [5.41, 5.74) is 13.3. The summed E-state index contributed by atoms with van der Waals surface area (Å²) in [6.07, 6.45) is 13.6. The normalized spacial score (nSPS) is 20.1. The molecule has 1 saturated carbocycles. The summed E-state index contributed by atoms with van der Waals surface area (Å²) in [5, 5.41) is 36.1. The smallest absolute Gasteiger partial charge is 0.318 e. The van der Waals surface area contributed by atoms with Gasteiger partial charge < -0.3 is 67.8 Å². The molecule has 3 amide bonds. The number of benzene rings is 6. The summed E-state index contributed by atoms with van der Waals surface area (Å²) in [4.78, 5) is 91.6. The zero-order valence-electron chi connectivity index (χ0n) is 78.4. The molecule has 0 N–H and O–H groups in total. The molecule has 0 spiro atoms. The molecule has 9 aromatic rings. The number of anilines is 6. The molecule has 6 aromatic carbocycles. The van der Waals surface area contributed by atoms with E-state index >= 15 is 0 Å². The van der Waals surface area contributed by atoms with Crippen LogP contribution in [0.2, 0.25) is 0 Å². The zero-order valence-corrected chi connectivity index (χ0v) is 78.4. The first-order valence-corrected chi connectivity index (χ1v) is 47.8. The van der Waals surface area contributed by atoms with Gasteiger partial charge >= 0.3 is 18.0 Å². The summed E-state index contributed by atoms with van der Waals surface area (Å²) in [6.45, 7) is 26.4. The van der Waals surface area contributed by atoms with Crippen LogP contribution >= 0.6 is 0 Å². The maximum Gasteiger partial charge on any atom is 0.318 e. The number of amides is 3. The number of nitrogens with zero attached hydrogens (tertiary/aromatic N) is 20. The van der Waals surface area contributed by atoms with Crippen LogP contribution in [0, 0.1) is 60.7 Å². The predicted octanol–water partition coefficient (Wildman–Crippen LogP) is 13.6. The van der Waals surface area contributed by atoms with Gasteiger partial charge in [0.25, 0.3) is 0 Å². The van der Waals surface area contributed by atoms with Gasteiger partial charge in [-0.3, -0.25) is 24.2 Å². The van der Waals surface area contributed by atoms with E-state index in [1.807, 2.05) is 0 Å². The Balaban J connectivity index is 0.000000147. The molecule has 2 unspecified atom stereocenters. The minimum absolute atomic E-state index is 0.0705. The van der Waals surface area contributed by atoms with Crippen LogP contribution in [0.1, 0.15) is 110 Å². The zero-order chi connectivity index (χ0) is 94.0. The molecule has 28 nitrogen and oxygen atoms in total. The van der Waals surface area contributed by atoms with Crippen LogP contribution in [0.5, 0.6) is 18.0 Å². The van der Waals surface area contributed by atoms with Crippen molar-refractivity contribution in [1.29, 1.82) is 15.8 Å². The molecule has 6 fully saturated rings. The van der Waals surface area contributed by atoms with E-state index < -0.39 is 20.0 Å². The highest BCUT2D eigenvalue weighted by Gasteiger charge is 2.40. The third kappa shape index (κ3) is 22.4. The molecular weight excluding hydrogens is 1710 g/mol. The molecular formula is C104H123F3N20O8. The number of hydrogen-bond donors (Lipinski definition) is 0. The van der Waals surface area contributed by atoms with Gasteiger partial charge in [-0.15, -0.1) is 0 Å². The van der Waals surface area contributed by atoms with Crippen LogP contribution in [0.4, 0.5) is 47.7 Å². The molecule has 0 bridgehead atoms. The van der Waals surface area contributed by atoms with E-state index in [0.717, 1.165) is 123 Å². The Morgan fingerprint density at radius 3 is 1.12 bits per heavy atom. The van der Waals surface area contributed by atoms with Crippen LogP contribution in [0.3, 0.4) is 0 Å². The SMILES string of the molecule is CCN1CCOC(COc2nc3c(c(N4CCN(C(=O)/C=C/CF)[C@@H](CC#N)C4)n2)CCN(c2cccc4cccc(C)c24)C3)C1.Cc1cccc2cccc(N3CCc4c(nc(OCC5CCC5)nc4N4CCN(C(=O)/C=C/CF)[C@@H](CC#N)C4)C3)c12.Cc1cccc2cccc(N3CCc4c(nc(OCC5CN(C(C)C)CCO5)nc4N4CCN(C(=O)/C=C/CF)[C@@H](CC#N)C4)C3)c12. The number of piperazine rings is 3. The highest BCUT2D eigenvalue weighted by Crippen LogP contribution is 2.42. The van der Waals surface area contributed by atoms with Crippen molar-refractivity contribution >= 4 is 84.6 Å². The van der Waals surface area contributed by atoms with Crippen molar-refractivity contribution in [3.63, 3.8) is 0 Å². The van der Waals surface area contributed by atoms with E-state index in [-0.39, 0.29) is 67.3 Å². The highest BCUT2D eigenvalue weighted by molar-refractivity contribution is 5.99. The molecule has 1 aliphatic carbocycles. The van der Waals surface area contributed by atoms with Gasteiger partial charge in [0.15, 0.2) is 0 Å². The van der Waals surface area contributed by atoms with Crippen molar-refractivity contribution in [2.75, 3.05) is 194 Å². The van der Waals surface area contributed by atoms with E-state index in [0.29, 0.717) is 142 Å². The molecule has 5 saturated heterocycles. The Morgan fingerprint density at radius 1 is 0.437 bits per heavy atom. The van der Waals surface area contributed by atoms with E-state index in [1.165, 1.54) is 122 Å². The van der Waals surface area contributed by atoms with Crippen LogP contribution in [0.15, 0.2) is 146 Å². The van der Waals surface area contributed by atoms with E-state index in [9.17, 15) is 43.3 Å². The molecule has 31 heteroatoms. The quantitative estimate of drug-likeness (QED) is 0.0455. The van der Waals surface area contributed by atoms with E-state index in [1.54, 1.807) is 14.7 Å². The lowest BCUT2D eigenvalue weighted by Crippen LogP contribution is -2.55. The maximum atomic E-state index is 12.8. The number of carbonyl (C=O) groups is 3. The Kier molecular flexibility index (Phi) is 31.9. The first-order valence-electron chi connectivity index (χ1n) is 47.8. The third-order valence-electron chi connectivity index (χ3n) is 27.6. The maximum absolute atomic E-state index is 12.8. The summed E-state index contributed by atoms with van der Waals surface area (Å²) >= 11 is 0. The summed E-state index contributed by atoms with van der Waals surface area (Å²) in [7, 11) is 0. The van der Waals surface area contributed by atoms with Gasteiger partial charge in [0.2, 0.25) is 17.7 Å². The molecule has 11 heterocycles. The van der Waals surface area contributed by atoms with Gasteiger partial charge in [-0.2, -0.15) is 45.7 Å². The Bertz CT molecular complexity index is 5920. The minimum Gasteiger partial charge on any atom is -0.463 e. The molecule has 5 atom stereocenters. The minimum atomic E-state index is -0.707. The van der Waals surface area contributed by atoms with Crippen molar-refractivity contribution in [2.45, 2.75) is 155 Å². The molecule has 135 heavy (non-hydrogen) atoms. The fraction of sp³-hybridized carbons (Fsp3) is 0.481. The lowest BCUT2D eigenvalue weighted by Gasteiger charge is -2.42. The number of aryl methyl sites for hydroxylation is 3. The van der Waals surface area contributed by atoms with Gasteiger partial charge in [-0.1, -0.05) is 104 Å². The Labute approximate surface area is 789 Å². The molecule has 708 valence electrons. The van der Waals surface area contributed by atoms with Gasteiger partial charge in [0, 0.05) is 179 Å². The number of aromatic nitrogens is 6. The van der Waals surface area contributed by atoms with Crippen LogP contribution in [-0.4, -0.2) is 273 Å². The molecule has 3 aromatic heterocycles. The Hall–Kier alpha value is -12.7. The van der Waals surface area contributed by atoms with Crippen molar-refractivity contribution in [1.82, 2.24) is 54.4 Å². The third-order valence-corrected chi connectivity index (χ3v) is 27.6. The number of rotatable bonds is 26. The standard InChI is InChI=1S/C36H44FN7O3.C35H42FN7O3.C33H37FN6O2/c1-25(2)41-19-20-46-29(22-41)24-47-36-39-31-23-42(32-10-5-9-27-8-4-7-26(3)34(27)32)16-13-30(31)35(40-36)43-17-18-44(28(21-43)12-15-38)33(45)11-6-14-37;1-3-40-19-20-45-28(22-40)24-46-35-38-30-23-41(31-10-5-9-26-8-4-7-25(2)33(26)31)16-13-29(30)34(39-35)42-17-18-43(27(21-42)12-15-37)32(44)11-6-14-36;1-23-6-2-9-25-10-4-11-29(31(23)25)38-17-14-27-28(21-38)36-33(42-22-24-7-3-8-24)37-32(27)39-18-19-40(26(20-39)13-16-35)30(41)12-5-15-34/h4-11,25,28-29H,12-14,16-24H2,1-3H3;4-11,27-28H,3,12-14,16-24H2,1-2H3;2,4-6,9-12,24,26H,3,7-8,13-15,17-22H2,1H3/b2*11-6+;12-5+/t28-,29?;27-,28?;26-/m000/s1. The number of fused-ring (bicyclic) bond motifs is 6. The molecule has 18 rings (SSSR count).